The second kappa shape index (κ2) is 7.23. The minimum Gasteiger partial charge on any atom is -0.423 e. The van der Waals surface area contributed by atoms with Crippen molar-refractivity contribution in [3.63, 3.8) is 0 Å². The van der Waals surface area contributed by atoms with Gasteiger partial charge in [0.2, 0.25) is 11.8 Å². The number of nitrogens with zero attached hydrogens (tertiary/aromatic N) is 6. The SMILES string of the molecule is Cc1nnc([C@]23C[C@H](C)C[C@H](C2)N3C(=O)Nc2cc(-c3ncc(F)cn3)c(Cl)cn2)o1. The summed E-state index contributed by atoms with van der Waals surface area (Å²) in [5.74, 6) is 1.33. The average Bonchev–Trinajstić information content (AvgIpc) is 3.16. The van der Waals surface area contributed by atoms with Crippen molar-refractivity contribution in [1.82, 2.24) is 30.0 Å². The number of nitrogens with one attached hydrogen (secondary N) is 1. The van der Waals surface area contributed by atoms with Crippen molar-refractivity contribution in [2.45, 2.75) is 44.7 Å². The fourth-order valence-corrected chi connectivity index (χ4v) is 4.92. The first-order valence-corrected chi connectivity index (χ1v) is 10.3. The molecule has 4 heterocycles. The fraction of sp³-hybridized carbons (Fsp3) is 0.400. The van der Waals surface area contributed by atoms with Gasteiger partial charge in [0.1, 0.15) is 11.4 Å². The van der Waals surface area contributed by atoms with E-state index >= 15 is 0 Å². The minimum atomic E-state index is -0.608. The molecule has 11 heteroatoms. The highest BCUT2D eigenvalue weighted by molar-refractivity contribution is 6.33. The predicted molar refractivity (Wildman–Crippen MR) is 109 cm³/mol. The lowest BCUT2D eigenvalue weighted by Crippen LogP contribution is -2.70. The highest BCUT2D eigenvalue weighted by Gasteiger charge is 2.62. The number of pyridine rings is 1. The molecular formula is C20H19ClFN7O2. The van der Waals surface area contributed by atoms with Crippen LogP contribution < -0.4 is 5.32 Å². The molecule has 1 aliphatic heterocycles. The number of amides is 2. The Balaban J connectivity index is 1.42. The summed E-state index contributed by atoms with van der Waals surface area (Å²) >= 11 is 6.22. The Morgan fingerprint density at radius 3 is 2.74 bits per heavy atom. The van der Waals surface area contributed by atoms with Gasteiger partial charge < -0.3 is 9.32 Å². The van der Waals surface area contributed by atoms with Gasteiger partial charge in [-0.15, -0.1) is 10.2 Å². The molecule has 0 aromatic carbocycles. The number of rotatable bonds is 3. The molecule has 5 rings (SSSR count). The van der Waals surface area contributed by atoms with E-state index in [1.165, 1.54) is 6.20 Å². The number of aromatic nitrogens is 5. The highest BCUT2D eigenvalue weighted by atomic mass is 35.5. The third-order valence-electron chi connectivity index (χ3n) is 5.85. The molecule has 31 heavy (non-hydrogen) atoms. The maximum absolute atomic E-state index is 13.2. The minimum absolute atomic E-state index is 0.0863. The summed E-state index contributed by atoms with van der Waals surface area (Å²) in [5.41, 5.74) is -0.171. The van der Waals surface area contributed by atoms with Crippen LogP contribution in [0.5, 0.6) is 0 Å². The predicted octanol–water partition coefficient (Wildman–Crippen LogP) is 3.95. The second-order valence-electron chi connectivity index (χ2n) is 8.14. The molecule has 160 valence electrons. The number of anilines is 1. The van der Waals surface area contributed by atoms with E-state index in [9.17, 15) is 9.18 Å². The number of halogens is 2. The maximum atomic E-state index is 13.2. The van der Waals surface area contributed by atoms with E-state index in [2.05, 4.69) is 37.4 Å². The van der Waals surface area contributed by atoms with E-state index in [-0.39, 0.29) is 28.7 Å². The van der Waals surface area contributed by atoms with Crippen LogP contribution in [0.1, 0.15) is 38.0 Å². The van der Waals surface area contributed by atoms with E-state index in [1.54, 1.807) is 17.9 Å². The first-order chi connectivity index (χ1) is 14.9. The lowest BCUT2D eigenvalue weighted by atomic mass is 9.64. The smallest absolute Gasteiger partial charge is 0.324 e. The molecule has 3 aromatic rings. The second-order valence-corrected chi connectivity index (χ2v) is 8.54. The van der Waals surface area contributed by atoms with Gasteiger partial charge in [-0.2, -0.15) is 0 Å². The Kier molecular flexibility index (Phi) is 4.62. The number of urea groups is 1. The molecule has 1 aliphatic carbocycles. The Morgan fingerprint density at radius 1 is 1.26 bits per heavy atom. The van der Waals surface area contributed by atoms with Gasteiger partial charge >= 0.3 is 6.03 Å². The van der Waals surface area contributed by atoms with Crippen LogP contribution in [0, 0.1) is 18.7 Å². The average molecular weight is 444 g/mol. The van der Waals surface area contributed by atoms with Gasteiger partial charge in [0.05, 0.1) is 17.4 Å². The van der Waals surface area contributed by atoms with Crippen LogP contribution in [0.15, 0.2) is 29.1 Å². The van der Waals surface area contributed by atoms with Crippen LogP contribution in [-0.2, 0) is 5.54 Å². The Morgan fingerprint density at radius 2 is 2.03 bits per heavy atom. The Labute approximate surface area is 182 Å². The first kappa shape index (κ1) is 19.8. The number of piperidine rings is 1. The molecule has 2 amide bonds. The monoisotopic (exact) mass is 443 g/mol. The molecule has 0 radical (unpaired) electrons. The third kappa shape index (κ3) is 3.31. The van der Waals surface area contributed by atoms with Crippen molar-refractivity contribution >= 4 is 23.4 Å². The summed E-state index contributed by atoms with van der Waals surface area (Å²) < 4.78 is 18.9. The zero-order valence-corrected chi connectivity index (χ0v) is 17.6. The van der Waals surface area contributed by atoms with Crippen molar-refractivity contribution in [2.24, 2.45) is 5.92 Å². The van der Waals surface area contributed by atoms with E-state index in [0.29, 0.717) is 23.3 Å². The summed E-state index contributed by atoms with van der Waals surface area (Å²) in [4.78, 5) is 27.1. The summed E-state index contributed by atoms with van der Waals surface area (Å²) in [6.07, 6.45) is 5.95. The van der Waals surface area contributed by atoms with E-state index < -0.39 is 11.4 Å². The van der Waals surface area contributed by atoms with Gasteiger partial charge in [0.15, 0.2) is 11.6 Å². The molecule has 2 bridgehead atoms. The third-order valence-corrected chi connectivity index (χ3v) is 6.16. The Bertz CT molecular complexity index is 1150. The molecule has 2 aliphatic rings. The van der Waals surface area contributed by atoms with Crippen LogP contribution in [0.4, 0.5) is 15.0 Å². The number of likely N-dealkylation sites (tertiary alicyclic amines) is 1. The molecule has 3 atom stereocenters. The van der Waals surface area contributed by atoms with Gasteiger partial charge in [-0.3, -0.25) is 5.32 Å². The zero-order valence-electron chi connectivity index (χ0n) is 16.8. The summed E-state index contributed by atoms with van der Waals surface area (Å²) in [7, 11) is 0. The number of fused-ring (bicyclic) bond motifs is 2. The van der Waals surface area contributed by atoms with Crippen molar-refractivity contribution in [1.29, 1.82) is 0 Å². The molecule has 0 unspecified atom stereocenters. The van der Waals surface area contributed by atoms with Crippen LogP contribution in [0.25, 0.3) is 11.4 Å². The largest absolute Gasteiger partial charge is 0.423 e. The molecule has 2 fully saturated rings. The van der Waals surface area contributed by atoms with Crippen LogP contribution >= 0.6 is 11.6 Å². The number of carbonyl (C=O) groups is 1. The van der Waals surface area contributed by atoms with Crippen LogP contribution in [0.3, 0.4) is 0 Å². The summed E-state index contributed by atoms with van der Waals surface area (Å²) in [5, 5.41) is 11.3. The van der Waals surface area contributed by atoms with Gasteiger partial charge in [-0.25, -0.2) is 24.1 Å². The van der Waals surface area contributed by atoms with Gasteiger partial charge in [-0.05, 0) is 24.8 Å². The molecule has 1 saturated heterocycles. The fourth-order valence-electron chi connectivity index (χ4n) is 4.73. The zero-order chi connectivity index (χ0) is 21.8. The van der Waals surface area contributed by atoms with Crippen molar-refractivity contribution in [2.75, 3.05) is 5.32 Å². The van der Waals surface area contributed by atoms with Gasteiger partial charge in [0, 0.05) is 31.1 Å². The summed E-state index contributed by atoms with van der Waals surface area (Å²) in [6.45, 7) is 3.89. The highest BCUT2D eigenvalue weighted by Crippen LogP contribution is 2.55. The molecule has 9 nitrogen and oxygen atoms in total. The van der Waals surface area contributed by atoms with Gasteiger partial charge in [0.25, 0.3) is 0 Å². The van der Waals surface area contributed by atoms with Crippen molar-refractivity contribution in [3.05, 3.63) is 47.3 Å². The molecule has 1 N–H and O–H groups in total. The molecule has 0 spiro atoms. The van der Waals surface area contributed by atoms with E-state index in [4.69, 9.17) is 16.0 Å². The Hall–Kier alpha value is -3.14. The van der Waals surface area contributed by atoms with Gasteiger partial charge in [-0.1, -0.05) is 18.5 Å². The van der Waals surface area contributed by atoms with Crippen LogP contribution in [0.2, 0.25) is 5.02 Å². The van der Waals surface area contributed by atoms with Crippen molar-refractivity contribution < 1.29 is 13.6 Å². The lowest BCUT2D eigenvalue weighted by Gasteiger charge is -2.61. The first-order valence-electron chi connectivity index (χ1n) is 9.90. The standard InChI is InChI=1S/C20H19ClFN7O2/c1-10-3-13-6-20(5-10,18-28-27-11(2)31-18)29(13)19(30)26-16-4-14(15(21)9-23-16)17-24-7-12(22)8-25-17/h4,7-10,13H,3,5-6H2,1-2H3,(H,23,26,30)/t10-,13-,20+/m1/s1. The lowest BCUT2D eigenvalue weighted by molar-refractivity contribution is -0.110. The number of carbonyl (C=O) groups excluding carboxylic acids is 1. The topological polar surface area (TPSA) is 110 Å². The summed E-state index contributed by atoms with van der Waals surface area (Å²) in [6, 6.07) is 1.35. The molecule has 3 aromatic heterocycles. The van der Waals surface area contributed by atoms with E-state index in [0.717, 1.165) is 31.7 Å². The van der Waals surface area contributed by atoms with Crippen LogP contribution in [-0.4, -0.2) is 42.1 Å². The number of hydrogen-bond donors (Lipinski definition) is 1. The van der Waals surface area contributed by atoms with Crippen molar-refractivity contribution in [3.8, 4) is 11.4 Å². The molecule has 1 saturated carbocycles. The normalized spacial score (nSPS) is 24.6. The van der Waals surface area contributed by atoms with E-state index in [1.807, 2.05) is 0 Å². The number of aryl methyl sites for hydroxylation is 1. The maximum Gasteiger partial charge on any atom is 0.324 e. The molecular weight excluding hydrogens is 425 g/mol. The quantitative estimate of drug-likeness (QED) is 0.652. The number of hydrogen-bond acceptors (Lipinski definition) is 7.